The lowest BCUT2D eigenvalue weighted by atomic mass is 10.2. The van der Waals surface area contributed by atoms with Crippen LogP contribution in [0.25, 0.3) is 0 Å². The first-order valence-corrected chi connectivity index (χ1v) is 10.7. The van der Waals surface area contributed by atoms with E-state index < -0.39 is 0 Å². The second-order valence-corrected chi connectivity index (χ2v) is 7.59. The Morgan fingerprint density at radius 2 is 1.94 bits per heavy atom. The second-order valence-electron chi connectivity index (χ2n) is 7.15. The molecule has 1 aromatic heterocycles. The molecule has 0 fully saturated rings. The molecule has 2 amide bonds. The molecule has 0 radical (unpaired) electrons. The zero-order valence-corrected chi connectivity index (χ0v) is 18.7. The number of carbonyl (C=O) groups excluding carboxylic acids is 2. The van der Waals surface area contributed by atoms with Crippen molar-refractivity contribution in [3.05, 3.63) is 101 Å². The summed E-state index contributed by atoms with van der Waals surface area (Å²) in [5.41, 5.74) is 3.09. The third-order valence-corrected chi connectivity index (χ3v) is 5.04. The molecule has 0 spiro atoms. The van der Waals surface area contributed by atoms with Crippen LogP contribution >= 0.6 is 11.6 Å². The van der Waals surface area contributed by atoms with Gasteiger partial charge < -0.3 is 19.5 Å². The molecule has 32 heavy (non-hydrogen) atoms. The molecule has 0 saturated heterocycles. The van der Waals surface area contributed by atoms with Crippen molar-refractivity contribution < 1.29 is 14.3 Å². The summed E-state index contributed by atoms with van der Waals surface area (Å²) >= 11 is 6.10. The molecular weight excluding hydrogens is 426 g/mol. The number of ether oxygens (including phenoxy) is 1. The minimum atomic E-state index is -0.390. The molecule has 7 heteroatoms. The summed E-state index contributed by atoms with van der Waals surface area (Å²) < 4.78 is 7.07. The number of benzene rings is 2. The lowest BCUT2D eigenvalue weighted by Gasteiger charge is -2.23. The molecule has 3 rings (SSSR count). The Hall–Kier alpha value is -3.51. The zero-order valence-electron chi connectivity index (χ0n) is 18.0. The number of rotatable bonds is 9. The maximum Gasteiger partial charge on any atom is 0.338 e. The molecule has 166 valence electrons. The Bertz CT molecular complexity index is 1080. The number of carbonyl (C=O) groups is 2. The van der Waals surface area contributed by atoms with Crippen LogP contribution in [0.2, 0.25) is 5.02 Å². The van der Waals surface area contributed by atoms with Crippen molar-refractivity contribution in [2.75, 3.05) is 18.5 Å². The molecule has 0 aliphatic rings. The number of aromatic nitrogens is 1. The van der Waals surface area contributed by atoms with Crippen molar-refractivity contribution in [1.82, 2.24) is 9.47 Å². The summed E-state index contributed by atoms with van der Waals surface area (Å²) in [4.78, 5) is 26.4. The Labute approximate surface area is 193 Å². The molecule has 0 aliphatic carbocycles. The van der Waals surface area contributed by atoms with Crippen molar-refractivity contribution in [1.29, 1.82) is 0 Å². The van der Waals surface area contributed by atoms with Gasteiger partial charge in [-0.15, -0.1) is 6.58 Å². The predicted molar refractivity (Wildman–Crippen MR) is 127 cm³/mol. The van der Waals surface area contributed by atoms with E-state index in [1.54, 1.807) is 42.2 Å². The van der Waals surface area contributed by atoms with E-state index in [4.69, 9.17) is 16.3 Å². The van der Waals surface area contributed by atoms with Gasteiger partial charge in [0, 0.05) is 35.7 Å². The van der Waals surface area contributed by atoms with Gasteiger partial charge in [0.15, 0.2) is 0 Å². The maximum absolute atomic E-state index is 12.9. The smallest absolute Gasteiger partial charge is 0.338 e. The molecule has 2 aromatic carbocycles. The third kappa shape index (κ3) is 6.25. The number of hydrogen-bond donors (Lipinski definition) is 1. The Balaban J connectivity index is 1.68. The second kappa shape index (κ2) is 11.2. The van der Waals surface area contributed by atoms with E-state index in [0.29, 0.717) is 42.5 Å². The van der Waals surface area contributed by atoms with Crippen LogP contribution in [0.3, 0.4) is 0 Å². The number of amides is 2. The number of hydrogen-bond acceptors (Lipinski definition) is 3. The maximum atomic E-state index is 12.9. The molecule has 0 saturated carbocycles. The first-order chi connectivity index (χ1) is 15.5. The number of anilines is 1. The summed E-state index contributed by atoms with van der Waals surface area (Å²) in [6.07, 6.45) is 3.67. The van der Waals surface area contributed by atoms with Crippen LogP contribution in [0.4, 0.5) is 10.5 Å². The number of halogens is 1. The molecular formula is C25H26ClN3O3. The predicted octanol–water partition coefficient (Wildman–Crippen LogP) is 5.59. The molecule has 6 nitrogen and oxygen atoms in total. The minimum absolute atomic E-state index is 0.260. The minimum Gasteiger partial charge on any atom is -0.462 e. The van der Waals surface area contributed by atoms with Gasteiger partial charge in [0.1, 0.15) is 0 Å². The Kier molecular flexibility index (Phi) is 8.11. The van der Waals surface area contributed by atoms with Gasteiger partial charge in [-0.2, -0.15) is 0 Å². The van der Waals surface area contributed by atoms with E-state index in [1.807, 2.05) is 42.6 Å². The fourth-order valence-corrected chi connectivity index (χ4v) is 3.47. The van der Waals surface area contributed by atoms with Crippen molar-refractivity contribution in [2.24, 2.45) is 0 Å². The first-order valence-electron chi connectivity index (χ1n) is 10.3. The van der Waals surface area contributed by atoms with Crippen molar-refractivity contribution in [2.45, 2.75) is 20.0 Å². The highest BCUT2D eigenvalue weighted by molar-refractivity contribution is 6.30. The molecule has 0 aliphatic heterocycles. The lowest BCUT2D eigenvalue weighted by molar-refractivity contribution is 0.0526. The van der Waals surface area contributed by atoms with Gasteiger partial charge in [0.05, 0.1) is 18.7 Å². The van der Waals surface area contributed by atoms with Gasteiger partial charge in [0.2, 0.25) is 0 Å². The number of esters is 1. The van der Waals surface area contributed by atoms with Gasteiger partial charge in [-0.25, -0.2) is 9.59 Å². The fraction of sp³-hybridized carbons (Fsp3) is 0.200. The van der Waals surface area contributed by atoms with E-state index in [9.17, 15) is 9.59 Å². The highest BCUT2D eigenvalue weighted by atomic mass is 35.5. The van der Waals surface area contributed by atoms with Crippen LogP contribution in [0, 0.1) is 0 Å². The van der Waals surface area contributed by atoms with Gasteiger partial charge >= 0.3 is 12.0 Å². The number of urea groups is 1. The van der Waals surface area contributed by atoms with Crippen LogP contribution in [0.15, 0.2) is 79.5 Å². The summed E-state index contributed by atoms with van der Waals surface area (Å²) in [5.74, 6) is -0.390. The molecule has 1 heterocycles. The number of nitrogens with zero attached hydrogens (tertiary/aromatic N) is 2. The van der Waals surface area contributed by atoms with Gasteiger partial charge in [-0.05, 0) is 61.0 Å². The molecule has 0 atom stereocenters. The monoisotopic (exact) mass is 451 g/mol. The van der Waals surface area contributed by atoms with Crippen molar-refractivity contribution in [3.63, 3.8) is 0 Å². The molecule has 1 N–H and O–H groups in total. The highest BCUT2D eigenvalue weighted by Gasteiger charge is 2.15. The third-order valence-electron chi connectivity index (χ3n) is 4.80. The summed E-state index contributed by atoms with van der Waals surface area (Å²) in [7, 11) is 0. The fourth-order valence-electron chi connectivity index (χ4n) is 3.26. The van der Waals surface area contributed by atoms with Crippen LogP contribution in [0.5, 0.6) is 0 Å². The molecule has 0 bridgehead atoms. The molecule has 3 aromatic rings. The highest BCUT2D eigenvalue weighted by Crippen LogP contribution is 2.16. The molecule has 0 unspecified atom stereocenters. The summed E-state index contributed by atoms with van der Waals surface area (Å²) in [5, 5.41) is 3.57. The average molecular weight is 452 g/mol. The van der Waals surface area contributed by atoms with Crippen LogP contribution in [-0.2, 0) is 17.8 Å². The quantitative estimate of drug-likeness (QED) is 0.341. The summed E-state index contributed by atoms with van der Waals surface area (Å²) in [6.45, 7) is 7.29. The van der Waals surface area contributed by atoms with Gasteiger partial charge in [-0.1, -0.05) is 29.8 Å². The largest absolute Gasteiger partial charge is 0.462 e. The van der Waals surface area contributed by atoms with Crippen LogP contribution in [-0.4, -0.2) is 34.6 Å². The van der Waals surface area contributed by atoms with E-state index >= 15 is 0 Å². The first kappa shape index (κ1) is 23.2. The topological polar surface area (TPSA) is 63.6 Å². The van der Waals surface area contributed by atoms with E-state index in [-0.39, 0.29) is 12.0 Å². The van der Waals surface area contributed by atoms with E-state index in [2.05, 4.69) is 16.5 Å². The lowest BCUT2D eigenvalue weighted by Crippen LogP contribution is -2.35. The normalized spacial score (nSPS) is 10.4. The number of nitrogens with one attached hydrogen (secondary N) is 1. The van der Waals surface area contributed by atoms with Gasteiger partial charge in [0.25, 0.3) is 0 Å². The Morgan fingerprint density at radius 3 is 2.62 bits per heavy atom. The average Bonchev–Trinajstić information content (AvgIpc) is 3.20. The zero-order chi connectivity index (χ0) is 22.9. The van der Waals surface area contributed by atoms with Gasteiger partial charge in [-0.3, -0.25) is 0 Å². The van der Waals surface area contributed by atoms with Crippen LogP contribution in [0.1, 0.15) is 28.5 Å². The van der Waals surface area contributed by atoms with Crippen molar-refractivity contribution in [3.8, 4) is 0 Å². The SMILES string of the molecule is C=CCN(Cc1cccn1Cc1cccc(Cl)c1)C(=O)Nc1ccc(C(=O)OCC)cc1. The van der Waals surface area contributed by atoms with E-state index in [1.165, 1.54) is 0 Å². The van der Waals surface area contributed by atoms with Crippen molar-refractivity contribution >= 4 is 29.3 Å². The Morgan fingerprint density at radius 1 is 1.16 bits per heavy atom. The van der Waals surface area contributed by atoms with Crippen LogP contribution < -0.4 is 5.32 Å². The standard InChI is InChI=1S/C25H26ClN3O3/c1-3-14-29(25(31)27-22-12-10-20(11-13-22)24(30)32-4-2)18-23-9-6-15-28(23)17-19-7-5-8-21(26)16-19/h3,5-13,15-16H,1,4,14,17-18H2,2H3,(H,27,31). The van der Waals surface area contributed by atoms with E-state index in [0.717, 1.165) is 11.3 Å². The summed E-state index contributed by atoms with van der Waals surface area (Å²) in [6, 6.07) is 18.0.